The van der Waals surface area contributed by atoms with E-state index in [0.29, 0.717) is 0 Å². The highest BCUT2D eigenvalue weighted by molar-refractivity contribution is 4.81. The lowest BCUT2D eigenvalue weighted by Gasteiger charge is -2.21. The smallest absolute Gasteiger partial charge is 0.0105 e. The quantitative estimate of drug-likeness (QED) is 0.751. The van der Waals surface area contributed by atoms with E-state index in [1.807, 2.05) is 13.8 Å². The van der Waals surface area contributed by atoms with Crippen LogP contribution in [0.4, 0.5) is 0 Å². The predicted molar refractivity (Wildman–Crippen MR) is 73.9 cm³/mol. The molecule has 0 aromatic rings. The molecule has 1 aliphatic rings. The molecule has 0 spiro atoms. The standard InChI is InChI=1S/C12H26N2.C2H6/c1-4-5-9-14(3)10-7-12-11(2)6-8-13-12;1-2/h11-13H,4-10H2,1-3H3;1-2H3. The number of nitrogens with one attached hydrogen (secondary N) is 1. The molecular weight excluding hydrogens is 196 g/mol. The molecule has 0 amide bonds. The van der Waals surface area contributed by atoms with Crippen LogP contribution in [0.2, 0.25) is 0 Å². The van der Waals surface area contributed by atoms with Gasteiger partial charge >= 0.3 is 0 Å². The van der Waals surface area contributed by atoms with Crippen molar-refractivity contribution in [1.29, 1.82) is 0 Å². The summed E-state index contributed by atoms with van der Waals surface area (Å²) in [5.74, 6) is 0.884. The minimum atomic E-state index is 0.777. The molecule has 1 heterocycles. The van der Waals surface area contributed by atoms with Crippen molar-refractivity contribution in [2.75, 3.05) is 26.7 Å². The predicted octanol–water partition coefficient (Wildman–Crippen LogP) is 3.13. The third-order valence-corrected chi connectivity index (χ3v) is 3.41. The third-order valence-electron chi connectivity index (χ3n) is 3.41. The van der Waals surface area contributed by atoms with Gasteiger partial charge in [-0.2, -0.15) is 0 Å². The molecule has 1 saturated heterocycles. The zero-order valence-electron chi connectivity index (χ0n) is 12.1. The van der Waals surface area contributed by atoms with Crippen LogP contribution in [0.5, 0.6) is 0 Å². The Morgan fingerprint density at radius 2 is 1.94 bits per heavy atom. The van der Waals surface area contributed by atoms with E-state index in [0.717, 1.165) is 12.0 Å². The second-order valence-corrected chi connectivity index (χ2v) is 4.77. The summed E-state index contributed by atoms with van der Waals surface area (Å²) in [4.78, 5) is 2.47. The first kappa shape index (κ1) is 15.9. The Bertz CT molecular complexity index is 148. The van der Waals surface area contributed by atoms with Gasteiger partial charge in [0.2, 0.25) is 0 Å². The minimum Gasteiger partial charge on any atom is -0.314 e. The van der Waals surface area contributed by atoms with Crippen LogP contribution in [0.15, 0.2) is 0 Å². The monoisotopic (exact) mass is 228 g/mol. The van der Waals surface area contributed by atoms with Crippen molar-refractivity contribution >= 4 is 0 Å². The Kier molecular flexibility index (Phi) is 10.0. The molecule has 0 aromatic heterocycles. The van der Waals surface area contributed by atoms with Crippen molar-refractivity contribution in [3.05, 3.63) is 0 Å². The average molecular weight is 228 g/mol. The summed E-state index contributed by atoms with van der Waals surface area (Å²) >= 11 is 0. The molecule has 0 radical (unpaired) electrons. The highest BCUT2D eigenvalue weighted by atomic mass is 15.1. The molecule has 2 nitrogen and oxygen atoms in total. The molecule has 0 aliphatic carbocycles. The van der Waals surface area contributed by atoms with E-state index in [1.54, 1.807) is 0 Å². The fraction of sp³-hybridized carbons (Fsp3) is 1.00. The molecule has 0 saturated carbocycles. The van der Waals surface area contributed by atoms with Crippen molar-refractivity contribution in [2.45, 2.75) is 59.4 Å². The van der Waals surface area contributed by atoms with Gasteiger partial charge in [0, 0.05) is 6.04 Å². The summed E-state index contributed by atoms with van der Waals surface area (Å²) in [6, 6.07) is 0.777. The van der Waals surface area contributed by atoms with Gasteiger partial charge in [-0.15, -0.1) is 0 Å². The van der Waals surface area contributed by atoms with Crippen LogP contribution in [0.3, 0.4) is 0 Å². The SMILES string of the molecule is CC.CCCCN(C)CCC1NCCC1C. The molecule has 0 bridgehead atoms. The molecule has 2 heteroatoms. The van der Waals surface area contributed by atoms with Gasteiger partial charge in [0.05, 0.1) is 0 Å². The Balaban J connectivity index is 0.00000106. The summed E-state index contributed by atoms with van der Waals surface area (Å²) < 4.78 is 0. The normalized spacial score (nSPS) is 24.4. The molecule has 1 rings (SSSR count). The van der Waals surface area contributed by atoms with Crippen LogP contribution in [-0.2, 0) is 0 Å². The molecule has 16 heavy (non-hydrogen) atoms. The zero-order chi connectivity index (χ0) is 12.4. The number of unbranched alkanes of at least 4 members (excludes halogenated alkanes) is 1. The molecule has 1 aliphatic heterocycles. The molecular formula is C14H32N2. The van der Waals surface area contributed by atoms with E-state index >= 15 is 0 Å². The Hall–Kier alpha value is -0.0800. The van der Waals surface area contributed by atoms with Crippen LogP contribution in [-0.4, -0.2) is 37.6 Å². The molecule has 2 unspecified atom stereocenters. The highest BCUT2D eigenvalue weighted by Gasteiger charge is 2.22. The summed E-state index contributed by atoms with van der Waals surface area (Å²) in [6.07, 6.45) is 5.33. The van der Waals surface area contributed by atoms with Gasteiger partial charge in [0.15, 0.2) is 0 Å². The number of hydrogen-bond acceptors (Lipinski definition) is 2. The molecule has 0 aromatic carbocycles. The van der Waals surface area contributed by atoms with Crippen molar-refractivity contribution in [3.8, 4) is 0 Å². The van der Waals surface area contributed by atoms with Crippen molar-refractivity contribution in [3.63, 3.8) is 0 Å². The summed E-state index contributed by atoms with van der Waals surface area (Å²) in [5.41, 5.74) is 0. The molecule has 1 fully saturated rings. The Morgan fingerprint density at radius 3 is 2.44 bits per heavy atom. The van der Waals surface area contributed by atoms with Gasteiger partial charge < -0.3 is 10.2 Å². The maximum Gasteiger partial charge on any atom is 0.0105 e. The van der Waals surface area contributed by atoms with E-state index in [4.69, 9.17) is 0 Å². The maximum atomic E-state index is 3.59. The van der Waals surface area contributed by atoms with E-state index in [9.17, 15) is 0 Å². The first-order valence-corrected chi connectivity index (χ1v) is 7.16. The lowest BCUT2D eigenvalue weighted by Crippen LogP contribution is -2.31. The minimum absolute atomic E-state index is 0.777. The van der Waals surface area contributed by atoms with Gasteiger partial charge in [-0.3, -0.25) is 0 Å². The fourth-order valence-corrected chi connectivity index (χ4v) is 2.18. The Morgan fingerprint density at radius 1 is 1.25 bits per heavy atom. The molecule has 1 N–H and O–H groups in total. The lowest BCUT2D eigenvalue weighted by atomic mass is 10.0. The van der Waals surface area contributed by atoms with Gasteiger partial charge in [0.25, 0.3) is 0 Å². The van der Waals surface area contributed by atoms with Gasteiger partial charge in [-0.25, -0.2) is 0 Å². The van der Waals surface area contributed by atoms with Crippen LogP contribution < -0.4 is 5.32 Å². The fourth-order valence-electron chi connectivity index (χ4n) is 2.18. The van der Waals surface area contributed by atoms with Crippen molar-refractivity contribution in [1.82, 2.24) is 10.2 Å². The third kappa shape index (κ3) is 6.49. The summed E-state index contributed by atoms with van der Waals surface area (Å²) in [6.45, 7) is 12.4. The van der Waals surface area contributed by atoms with Crippen LogP contribution in [0, 0.1) is 5.92 Å². The van der Waals surface area contributed by atoms with Crippen LogP contribution >= 0.6 is 0 Å². The second-order valence-electron chi connectivity index (χ2n) is 4.77. The van der Waals surface area contributed by atoms with E-state index in [2.05, 4.69) is 31.1 Å². The lowest BCUT2D eigenvalue weighted by molar-refractivity contribution is 0.295. The maximum absolute atomic E-state index is 3.59. The number of rotatable bonds is 6. The second kappa shape index (κ2) is 10.1. The highest BCUT2D eigenvalue weighted by Crippen LogP contribution is 2.17. The van der Waals surface area contributed by atoms with Crippen molar-refractivity contribution in [2.24, 2.45) is 5.92 Å². The Labute approximate surface area is 103 Å². The van der Waals surface area contributed by atoms with Gasteiger partial charge in [-0.05, 0) is 51.9 Å². The van der Waals surface area contributed by atoms with Crippen LogP contribution in [0.25, 0.3) is 0 Å². The van der Waals surface area contributed by atoms with Gasteiger partial charge in [-0.1, -0.05) is 34.1 Å². The summed E-state index contributed by atoms with van der Waals surface area (Å²) in [5, 5.41) is 3.59. The topological polar surface area (TPSA) is 15.3 Å². The van der Waals surface area contributed by atoms with E-state index < -0.39 is 0 Å². The largest absolute Gasteiger partial charge is 0.314 e. The number of hydrogen-bond donors (Lipinski definition) is 1. The number of nitrogens with zero attached hydrogens (tertiary/aromatic N) is 1. The molecule has 2 atom stereocenters. The average Bonchev–Trinajstić information content (AvgIpc) is 2.72. The first-order valence-electron chi connectivity index (χ1n) is 7.16. The van der Waals surface area contributed by atoms with Gasteiger partial charge in [0.1, 0.15) is 0 Å². The summed E-state index contributed by atoms with van der Waals surface area (Å²) in [7, 11) is 2.25. The van der Waals surface area contributed by atoms with E-state index in [1.165, 1.54) is 45.3 Å². The van der Waals surface area contributed by atoms with E-state index in [-0.39, 0.29) is 0 Å². The van der Waals surface area contributed by atoms with Crippen LogP contribution in [0.1, 0.15) is 53.4 Å². The zero-order valence-corrected chi connectivity index (χ0v) is 12.1. The van der Waals surface area contributed by atoms with Crippen molar-refractivity contribution < 1.29 is 0 Å². The first-order chi connectivity index (χ1) is 7.74. The molecule has 98 valence electrons.